The van der Waals surface area contributed by atoms with Gasteiger partial charge in [-0.3, -0.25) is 9.59 Å². The average molecular weight is 288 g/mol. The highest BCUT2D eigenvalue weighted by Crippen LogP contribution is 2.18. The molecule has 0 radical (unpaired) electrons. The van der Waals surface area contributed by atoms with Crippen LogP contribution in [-0.4, -0.2) is 35.3 Å². The van der Waals surface area contributed by atoms with Crippen LogP contribution in [0.4, 0.5) is 0 Å². The van der Waals surface area contributed by atoms with E-state index in [0.29, 0.717) is 25.9 Å². The molecule has 0 aliphatic carbocycles. The molecule has 0 spiro atoms. The molecule has 1 aliphatic heterocycles. The van der Waals surface area contributed by atoms with Gasteiger partial charge in [0.15, 0.2) is 0 Å². The number of nitrogens with one attached hydrogen (secondary N) is 1. The van der Waals surface area contributed by atoms with Gasteiger partial charge >= 0.3 is 0 Å². The maximum absolute atomic E-state index is 12.6. The monoisotopic (exact) mass is 288 g/mol. The smallest absolute Gasteiger partial charge is 0.248 e. The zero-order chi connectivity index (χ0) is 15.3. The molecule has 2 rings (SSSR count). The minimum Gasteiger partial charge on any atom is -0.342 e. The number of carbonyl (C=O) groups is 2. The van der Waals surface area contributed by atoms with Crippen molar-refractivity contribution in [1.82, 2.24) is 10.2 Å². The zero-order valence-corrected chi connectivity index (χ0v) is 12.9. The molecular formula is C17H24N2O2. The van der Waals surface area contributed by atoms with E-state index in [-0.39, 0.29) is 11.8 Å². The van der Waals surface area contributed by atoms with Crippen molar-refractivity contribution < 1.29 is 9.59 Å². The summed E-state index contributed by atoms with van der Waals surface area (Å²) in [6, 6.07) is 10.3. The van der Waals surface area contributed by atoms with E-state index >= 15 is 0 Å². The van der Waals surface area contributed by atoms with Crippen LogP contribution in [0, 0.1) is 0 Å². The van der Waals surface area contributed by atoms with Gasteiger partial charge < -0.3 is 10.2 Å². The molecule has 1 N–H and O–H groups in total. The summed E-state index contributed by atoms with van der Waals surface area (Å²) in [6.45, 7) is 4.99. The van der Waals surface area contributed by atoms with Crippen LogP contribution in [0.1, 0.15) is 38.7 Å². The maximum Gasteiger partial charge on any atom is 0.248 e. The van der Waals surface area contributed by atoms with E-state index in [4.69, 9.17) is 0 Å². The number of hydrogen-bond acceptors (Lipinski definition) is 2. The lowest BCUT2D eigenvalue weighted by Crippen LogP contribution is -2.54. The van der Waals surface area contributed by atoms with Gasteiger partial charge in [-0.25, -0.2) is 0 Å². The van der Waals surface area contributed by atoms with Gasteiger partial charge in [-0.15, -0.1) is 0 Å². The van der Waals surface area contributed by atoms with Gasteiger partial charge in [-0.05, 0) is 31.7 Å². The highest BCUT2D eigenvalue weighted by Gasteiger charge is 2.38. The highest BCUT2D eigenvalue weighted by molar-refractivity contribution is 5.93. The molecule has 1 saturated heterocycles. The number of rotatable bonds is 5. The SMILES string of the molecule is CCC1(C)NC(=O)CCN(CCCc2ccccc2)C1=O. The fraction of sp³-hybridized carbons (Fsp3) is 0.529. The first-order chi connectivity index (χ1) is 10.0. The Morgan fingerprint density at radius 3 is 2.62 bits per heavy atom. The predicted octanol–water partition coefficient (Wildman–Crippen LogP) is 2.14. The first-order valence-electron chi connectivity index (χ1n) is 7.69. The van der Waals surface area contributed by atoms with Crippen molar-refractivity contribution in [2.45, 2.75) is 45.1 Å². The van der Waals surface area contributed by atoms with Crippen LogP contribution < -0.4 is 5.32 Å². The second kappa shape index (κ2) is 6.74. The van der Waals surface area contributed by atoms with Gasteiger partial charge in [0, 0.05) is 19.5 Å². The number of aryl methyl sites for hydroxylation is 1. The molecule has 1 unspecified atom stereocenters. The van der Waals surface area contributed by atoms with Crippen LogP contribution in [0.5, 0.6) is 0 Å². The topological polar surface area (TPSA) is 49.4 Å². The minimum atomic E-state index is -0.750. The molecule has 21 heavy (non-hydrogen) atoms. The van der Waals surface area contributed by atoms with Crippen molar-refractivity contribution in [3.05, 3.63) is 35.9 Å². The molecule has 1 heterocycles. The average Bonchev–Trinajstić information content (AvgIpc) is 2.60. The van der Waals surface area contributed by atoms with Crippen molar-refractivity contribution in [3.63, 3.8) is 0 Å². The molecule has 0 aromatic heterocycles. The Morgan fingerprint density at radius 1 is 1.24 bits per heavy atom. The van der Waals surface area contributed by atoms with Crippen molar-refractivity contribution in [3.8, 4) is 0 Å². The van der Waals surface area contributed by atoms with Crippen molar-refractivity contribution in [2.75, 3.05) is 13.1 Å². The molecule has 1 aliphatic rings. The molecule has 0 bridgehead atoms. The van der Waals surface area contributed by atoms with Crippen LogP contribution in [0.3, 0.4) is 0 Å². The number of nitrogens with zero attached hydrogens (tertiary/aromatic N) is 1. The Bertz CT molecular complexity index is 501. The Labute approximate surface area is 126 Å². The Hall–Kier alpha value is -1.84. The molecule has 1 aromatic carbocycles. The summed E-state index contributed by atoms with van der Waals surface area (Å²) >= 11 is 0. The molecule has 1 aromatic rings. The first-order valence-corrected chi connectivity index (χ1v) is 7.69. The van der Waals surface area contributed by atoms with Crippen LogP contribution in [-0.2, 0) is 16.0 Å². The summed E-state index contributed by atoms with van der Waals surface area (Å²) in [7, 11) is 0. The lowest BCUT2D eigenvalue weighted by molar-refractivity contribution is -0.138. The van der Waals surface area contributed by atoms with Gasteiger partial charge in [0.2, 0.25) is 11.8 Å². The summed E-state index contributed by atoms with van der Waals surface area (Å²) in [6.07, 6.45) is 2.89. The fourth-order valence-corrected chi connectivity index (χ4v) is 2.68. The number of benzene rings is 1. The van der Waals surface area contributed by atoms with Gasteiger partial charge in [-0.2, -0.15) is 0 Å². The minimum absolute atomic E-state index is 0.0294. The lowest BCUT2D eigenvalue weighted by atomic mass is 9.97. The Kier molecular flexibility index (Phi) is 4.99. The van der Waals surface area contributed by atoms with E-state index in [1.807, 2.05) is 36.9 Å². The van der Waals surface area contributed by atoms with Crippen LogP contribution >= 0.6 is 0 Å². The third-order valence-electron chi connectivity index (χ3n) is 4.23. The third-order valence-corrected chi connectivity index (χ3v) is 4.23. The molecule has 1 fully saturated rings. The molecule has 2 amide bonds. The number of hydrogen-bond donors (Lipinski definition) is 1. The van der Waals surface area contributed by atoms with Gasteiger partial charge in [0.05, 0.1) is 0 Å². The lowest BCUT2D eigenvalue weighted by Gasteiger charge is -2.31. The van der Waals surface area contributed by atoms with Gasteiger partial charge in [0.25, 0.3) is 0 Å². The van der Waals surface area contributed by atoms with Crippen molar-refractivity contribution in [2.24, 2.45) is 0 Å². The Morgan fingerprint density at radius 2 is 1.95 bits per heavy atom. The molecule has 1 atom stereocenters. The molecule has 114 valence electrons. The fourth-order valence-electron chi connectivity index (χ4n) is 2.68. The summed E-state index contributed by atoms with van der Waals surface area (Å²) in [5.74, 6) is 0.0159. The van der Waals surface area contributed by atoms with E-state index in [0.717, 1.165) is 12.8 Å². The van der Waals surface area contributed by atoms with E-state index < -0.39 is 5.54 Å². The highest BCUT2D eigenvalue weighted by atomic mass is 16.2. The van der Waals surface area contributed by atoms with Crippen LogP contribution in [0.25, 0.3) is 0 Å². The summed E-state index contributed by atoms with van der Waals surface area (Å²) in [5, 5.41) is 2.86. The molecule has 0 saturated carbocycles. The first kappa shape index (κ1) is 15.5. The van der Waals surface area contributed by atoms with Gasteiger partial charge in [-0.1, -0.05) is 37.3 Å². The number of amides is 2. The van der Waals surface area contributed by atoms with E-state index in [1.165, 1.54) is 5.56 Å². The summed E-state index contributed by atoms with van der Waals surface area (Å²) in [4.78, 5) is 26.2. The normalized spacial score (nSPS) is 22.9. The van der Waals surface area contributed by atoms with E-state index in [9.17, 15) is 9.59 Å². The molecular weight excluding hydrogens is 264 g/mol. The summed E-state index contributed by atoms with van der Waals surface area (Å²) in [5.41, 5.74) is 0.535. The second-order valence-corrected chi connectivity index (χ2v) is 5.87. The molecule has 4 nitrogen and oxygen atoms in total. The molecule has 4 heteroatoms. The van der Waals surface area contributed by atoms with E-state index in [1.54, 1.807) is 0 Å². The maximum atomic E-state index is 12.6. The van der Waals surface area contributed by atoms with Gasteiger partial charge in [0.1, 0.15) is 5.54 Å². The largest absolute Gasteiger partial charge is 0.342 e. The van der Waals surface area contributed by atoms with Crippen LogP contribution in [0.15, 0.2) is 30.3 Å². The standard InChI is InChI=1S/C17H24N2O2/c1-3-17(2)16(21)19(13-11-15(20)18-17)12-7-10-14-8-5-4-6-9-14/h4-6,8-9H,3,7,10-13H2,1-2H3,(H,18,20). The zero-order valence-electron chi connectivity index (χ0n) is 12.9. The van der Waals surface area contributed by atoms with Crippen molar-refractivity contribution >= 4 is 11.8 Å². The quantitative estimate of drug-likeness (QED) is 0.902. The van der Waals surface area contributed by atoms with Crippen LogP contribution in [0.2, 0.25) is 0 Å². The predicted molar refractivity (Wildman–Crippen MR) is 82.8 cm³/mol. The number of carbonyl (C=O) groups excluding carboxylic acids is 2. The third kappa shape index (κ3) is 3.84. The second-order valence-electron chi connectivity index (χ2n) is 5.87. The Balaban J connectivity index is 1.95. The van der Waals surface area contributed by atoms with Crippen molar-refractivity contribution in [1.29, 1.82) is 0 Å². The van der Waals surface area contributed by atoms with E-state index in [2.05, 4.69) is 17.4 Å². The summed E-state index contributed by atoms with van der Waals surface area (Å²) < 4.78 is 0.